The van der Waals surface area contributed by atoms with Crippen molar-refractivity contribution in [3.05, 3.63) is 29.8 Å². The van der Waals surface area contributed by atoms with Crippen LogP contribution in [0.4, 0.5) is 13.2 Å². The van der Waals surface area contributed by atoms with E-state index in [1.54, 1.807) is 13.8 Å². The third kappa shape index (κ3) is 4.21. The number of sulfone groups is 1. The Morgan fingerprint density at radius 3 is 2.40 bits per heavy atom. The summed E-state index contributed by atoms with van der Waals surface area (Å²) in [6.45, 7) is 3.48. The molecular formula is C13H17F3O3S. The van der Waals surface area contributed by atoms with Crippen LogP contribution in [0.15, 0.2) is 29.2 Å². The lowest BCUT2D eigenvalue weighted by atomic mass is 10.0. The molecule has 0 aromatic heterocycles. The van der Waals surface area contributed by atoms with E-state index in [-0.39, 0.29) is 5.92 Å². The van der Waals surface area contributed by atoms with Crippen LogP contribution in [-0.4, -0.2) is 25.4 Å². The lowest BCUT2D eigenvalue weighted by molar-refractivity contribution is -0.137. The van der Waals surface area contributed by atoms with Crippen molar-refractivity contribution in [1.82, 2.24) is 0 Å². The average molecular weight is 310 g/mol. The number of benzene rings is 1. The van der Waals surface area contributed by atoms with Gasteiger partial charge >= 0.3 is 6.18 Å². The van der Waals surface area contributed by atoms with Crippen molar-refractivity contribution in [1.29, 1.82) is 0 Å². The van der Waals surface area contributed by atoms with E-state index in [1.165, 1.54) is 0 Å². The van der Waals surface area contributed by atoms with Gasteiger partial charge in [-0.25, -0.2) is 8.42 Å². The number of aliphatic hydroxyl groups is 1. The predicted octanol–water partition coefficient (Wildman–Crippen LogP) is 2.89. The molecule has 1 aromatic rings. The van der Waals surface area contributed by atoms with Crippen molar-refractivity contribution in [2.45, 2.75) is 37.4 Å². The van der Waals surface area contributed by atoms with Crippen LogP contribution in [0, 0.1) is 5.92 Å². The number of alkyl halides is 3. The zero-order valence-electron chi connectivity index (χ0n) is 11.2. The molecule has 114 valence electrons. The first kappa shape index (κ1) is 17.0. The van der Waals surface area contributed by atoms with Crippen LogP contribution in [0.25, 0.3) is 0 Å². The molecular weight excluding hydrogens is 293 g/mol. The Hall–Kier alpha value is -1.08. The van der Waals surface area contributed by atoms with Gasteiger partial charge in [0.2, 0.25) is 0 Å². The van der Waals surface area contributed by atoms with Gasteiger partial charge in [-0.3, -0.25) is 0 Å². The maximum Gasteiger partial charge on any atom is 0.416 e. The number of rotatable bonds is 5. The van der Waals surface area contributed by atoms with Crippen molar-refractivity contribution >= 4 is 9.84 Å². The Bertz CT molecular complexity index is 552. The Morgan fingerprint density at radius 1 is 1.30 bits per heavy atom. The number of aliphatic hydroxyl groups excluding tert-OH is 1. The normalized spacial score (nSPS) is 15.9. The zero-order chi connectivity index (χ0) is 15.6. The topological polar surface area (TPSA) is 54.4 Å². The third-order valence-corrected chi connectivity index (χ3v) is 4.96. The van der Waals surface area contributed by atoms with Gasteiger partial charge in [0.25, 0.3) is 0 Å². The van der Waals surface area contributed by atoms with Crippen molar-refractivity contribution < 1.29 is 26.7 Å². The fourth-order valence-corrected chi connectivity index (χ4v) is 3.19. The fourth-order valence-electron chi connectivity index (χ4n) is 1.62. The zero-order valence-corrected chi connectivity index (χ0v) is 12.0. The second kappa shape index (κ2) is 6.13. The number of halogens is 3. The lowest BCUT2D eigenvalue weighted by Gasteiger charge is -2.17. The van der Waals surface area contributed by atoms with Crippen LogP contribution in [0.2, 0.25) is 0 Å². The molecule has 0 saturated heterocycles. The summed E-state index contributed by atoms with van der Waals surface area (Å²) < 4.78 is 61.7. The standard InChI is InChI=1S/C13H17F3O3S/c1-3-9(2)12(17)8-20(18,19)11-6-4-5-10(7-11)13(14,15)16/h4-7,9,12,17H,3,8H2,1-2H3. The molecule has 0 fully saturated rings. The van der Waals surface area contributed by atoms with Crippen LogP contribution >= 0.6 is 0 Å². The van der Waals surface area contributed by atoms with Gasteiger partial charge in [-0.05, 0) is 24.1 Å². The van der Waals surface area contributed by atoms with E-state index in [2.05, 4.69) is 0 Å². The summed E-state index contributed by atoms with van der Waals surface area (Å²) in [5.74, 6) is -0.820. The molecule has 1 rings (SSSR count). The quantitative estimate of drug-likeness (QED) is 0.910. The molecule has 0 aliphatic rings. The molecule has 3 nitrogen and oxygen atoms in total. The molecule has 0 radical (unpaired) electrons. The Labute approximate surface area is 116 Å². The van der Waals surface area contributed by atoms with E-state index < -0.39 is 38.3 Å². The summed E-state index contributed by atoms with van der Waals surface area (Å²) in [6.07, 6.45) is -5.11. The smallest absolute Gasteiger partial charge is 0.392 e. The van der Waals surface area contributed by atoms with Gasteiger partial charge in [0.1, 0.15) is 0 Å². The molecule has 2 atom stereocenters. The van der Waals surface area contributed by atoms with Gasteiger partial charge in [-0.1, -0.05) is 26.3 Å². The average Bonchev–Trinajstić information content (AvgIpc) is 2.36. The maximum absolute atomic E-state index is 12.6. The van der Waals surface area contributed by atoms with Crippen LogP contribution < -0.4 is 0 Å². The Balaban J connectivity index is 3.05. The summed E-state index contributed by atoms with van der Waals surface area (Å²) in [5.41, 5.74) is -1.02. The largest absolute Gasteiger partial charge is 0.416 e. The molecule has 0 spiro atoms. The van der Waals surface area contributed by atoms with Crippen LogP contribution in [0.3, 0.4) is 0 Å². The molecule has 0 amide bonds. The minimum absolute atomic E-state index is 0.240. The highest BCUT2D eigenvalue weighted by Crippen LogP contribution is 2.30. The minimum atomic E-state index is -4.60. The van der Waals surface area contributed by atoms with Gasteiger partial charge in [-0.15, -0.1) is 0 Å². The first-order valence-corrected chi connectivity index (χ1v) is 7.81. The van der Waals surface area contributed by atoms with E-state index >= 15 is 0 Å². The number of hydrogen-bond donors (Lipinski definition) is 1. The van der Waals surface area contributed by atoms with Gasteiger partial charge in [0, 0.05) is 0 Å². The van der Waals surface area contributed by atoms with Gasteiger partial charge < -0.3 is 5.11 Å². The summed E-state index contributed by atoms with van der Waals surface area (Å²) >= 11 is 0. The molecule has 1 aromatic carbocycles. The van der Waals surface area contributed by atoms with Crippen molar-refractivity contribution in [2.24, 2.45) is 5.92 Å². The molecule has 1 N–H and O–H groups in total. The number of hydrogen-bond acceptors (Lipinski definition) is 3. The first-order chi connectivity index (χ1) is 9.08. The summed E-state index contributed by atoms with van der Waals surface area (Å²) in [6, 6.07) is 3.56. The second-order valence-electron chi connectivity index (χ2n) is 4.76. The van der Waals surface area contributed by atoms with Crippen LogP contribution in [0.5, 0.6) is 0 Å². The van der Waals surface area contributed by atoms with Crippen molar-refractivity contribution in [3.8, 4) is 0 Å². The molecule has 2 unspecified atom stereocenters. The summed E-state index contributed by atoms with van der Waals surface area (Å²) in [5, 5.41) is 9.74. The summed E-state index contributed by atoms with van der Waals surface area (Å²) in [4.78, 5) is -0.422. The van der Waals surface area contributed by atoms with Crippen molar-refractivity contribution in [2.75, 3.05) is 5.75 Å². The minimum Gasteiger partial charge on any atom is -0.392 e. The molecule has 0 aliphatic carbocycles. The highest BCUT2D eigenvalue weighted by Gasteiger charge is 2.32. The Kier molecular flexibility index (Phi) is 5.21. The van der Waals surface area contributed by atoms with E-state index in [1.807, 2.05) is 0 Å². The van der Waals surface area contributed by atoms with Crippen molar-refractivity contribution in [3.63, 3.8) is 0 Å². The van der Waals surface area contributed by atoms with Crippen LogP contribution in [-0.2, 0) is 16.0 Å². The summed E-state index contributed by atoms with van der Waals surface area (Å²) in [7, 11) is -3.95. The first-order valence-electron chi connectivity index (χ1n) is 6.16. The van der Waals surface area contributed by atoms with Gasteiger partial charge in [0.15, 0.2) is 9.84 Å². The lowest BCUT2D eigenvalue weighted by Crippen LogP contribution is -2.27. The predicted molar refractivity (Wildman–Crippen MR) is 69.0 cm³/mol. The fraction of sp³-hybridized carbons (Fsp3) is 0.538. The Morgan fingerprint density at radius 2 is 1.90 bits per heavy atom. The monoisotopic (exact) mass is 310 g/mol. The van der Waals surface area contributed by atoms with E-state index in [9.17, 15) is 26.7 Å². The molecule has 0 saturated carbocycles. The highest BCUT2D eigenvalue weighted by molar-refractivity contribution is 7.91. The van der Waals surface area contributed by atoms with Crippen LogP contribution in [0.1, 0.15) is 25.8 Å². The highest BCUT2D eigenvalue weighted by atomic mass is 32.2. The molecule has 0 bridgehead atoms. The maximum atomic E-state index is 12.6. The molecule has 20 heavy (non-hydrogen) atoms. The SMILES string of the molecule is CCC(C)C(O)CS(=O)(=O)c1cccc(C(F)(F)F)c1. The van der Waals surface area contributed by atoms with E-state index in [0.717, 1.165) is 18.2 Å². The van der Waals surface area contributed by atoms with E-state index in [4.69, 9.17) is 0 Å². The second-order valence-corrected chi connectivity index (χ2v) is 6.79. The van der Waals surface area contributed by atoms with E-state index in [0.29, 0.717) is 12.5 Å². The molecule has 0 aliphatic heterocycles. The molecule has 0 heterocycles. The molecule has 7 heteroatoms. The third-order valence-electron chi connectivity index (χ3n) is 3.21. The van der Waals surface area contributed by atoms with Gasteiger partial charge in [0.05, 0.1) is 22.3 Å². The van der Waals surface area contributed by atoms with Gasteiger partial charge in [-0.2, -0.15) is 13.2 Å².